The Hall–Kier alpha value is -3.48. The van der Waals surface area contributed by atoms with Crippen molar-refractivity contribution in [3.8, 4) is 5.82 Å². The van der Waals surface area contributed by atoms with Gasteiger partial charge in [-0.15, -0.1) is 0 Å². The monoisotopic (exact) mass is 361 g/mol. The third-order valence-corrected chi connectivity index (χ3v) is 4.35. The normalized spacial score (nSPS) is 11.3. The molecule has 7 nitrogen and oxygen atoms in total. The van der Waals surface area contributed by atoms with Crippen LogP contribution in [0, 0.1) is 6.92 Å². The summed E-state index contributed by atoms with van der Waals surface area (Å²) in [6.45, 7) is 5.68. The maximum absolute atomic E-state index is 12.7. The van der Waals surface area contributed by atoms with Gasteiger partial charge < -0.3 is 9.84 Å². The van der Waals surface area contributed by atoms with Gasteiger partial charge in [-0.05, 0) is 31.2 Å². The van der Waals surface area contributed by atoms with Crippen LogP contribution in [0.1, 0.15) is 41.6 Å². The summed E-state index contributed by atoms with van der Waals surface area (Å²) in [5.41, 5.74) is 3.54. The fourth-order valence-corrected chi connectivity index (χ4v) is 3.00. The summed E-state index contributed by atoms with van der Waals surface area (Å²) in [6, 6.07) is 11.5. The summed E-state index contributed by atoms with van der Waals surface area (Å²) in [4.78, 5) is 21.5. The van der Waals surface area contributed by atoms with Gasteiger partial charge in [-0.1, -0.05) is 31.1 Å². The summed E-state index contributed by atoms with van der Waals surface area (Å²) in [5, 5.41) is 6.78. The van der Waals surface area contributed by atoms with E-state index in [1.165, 1.54) is 0 Å². The average Bonchev–Trinajstić information content (AvgIpc) is 3.26. The number of imidazole rings is 1. The molecule has 0 unspecified atom stereocenters. The van der Waals surface area contributed by atoms with Crippen LogP contribution in [0.5, 0.6) is 0 Å². The largest absolute Gasteiger partial charge is 0.360 e. The SMILES string of the molecule is Cc1noc(C(C)C)c1C(=O)Nc1ccc(-n2cnc3ccccc32)nc1. The van der Waals surface area contributed by atoms with Crippen LogP contribution in [-0.4, -0.2) is 25.6 Å². The van der Waals surface area contributed by atoms with Crippen LogP contribution in [0.2, 0.25) is 0 Å². The van der Waals surface area contributed by atoms with Crippen LogP contribution < -0.4 is 5.32 Å². The third kappa shape index (κ3) is 3.08. The number of pyridine rings is 1. The van der Waals surface area contributed by atoms with Gasteiger partial charge in [0.25, 0.3) is 5.91 Å². The molecule has 0 aliphatic carbocycles. The summed E-state index contributed by atoms with van der Waals surface area (Å²) < 4.78 is 7.19. The van der Waals surface area contributed by atoms with Crippen LogP contribution in [0.15, 0.2) is 53.4 Å². The van der Waals surface area contributed by atoms with E-state index in [0.717, 1.165) is 16.9 Å². The van der Waals surface area contributed by atoms with Crippen molar-refractivity contribution in [3.05, 3.63) is 65.9 Å². The molecule has 3 heterocycles. The maximum atomic E-state index is 12.7. The lowest BCUT2D eigenvalue weighted by molar-refractivity contribution is 0.102. The number of rotatable bonds is 4. The standard InChI is InChI=1S/C20H19N5O2/c1-12(2)19-18(13(3)24-27-19)20(26)23-14-8-9-17(21-10-14)25-11-22-15-6-4-5-7-16(15)25/h4-12H,1-3H3,(H,23,26). The van der Waals surface area contributed by atoms with Gasteiger partial charge in [-0.25, -0.2) is 9.97 Å². The van der Waals surface area contributed by atoms with Crippen molar-refractivity contribution in [2.75, 3.05) is 5.32 Å². The Morgan fingerprint density at radius 3 is 2.70 bits per heavy atom. The molecule has 1 N–H and O–H groups in total. The zero-order valence-electron chi connectivity index (χ0n) is 15.3. The van der Waals surface area contributed by atoms with E-state index in [2.05, 4.69) is 20.4 Å². The van der Waals surface area contributed by atoms with Gasteiger partial charge >= 0.3 is 0 Å². The van der Waals surface area contributed by atoms with E-state index in [9.17, 15) is 4.79 Å². The average molecular weight is 361 g/mol. The van der Waals surface area contributed by atoms with Gasteiger partial charge in [-0.2, -0.15) is 0 Å². The Balaban J connectivity index is 1.58. The first kappa shape index (κ1) is 17.0. The summed E-state index contributed by atoms with van der Waals surface area (Å²) in [5.74, 6) is 1.13. The lowest BCUT2D eigenvalue weighted by Crippen LogP contribution is -2.15. The second kappa shape index (κ2) is 6.68. The molecule has 0 bridgehead atoms. The van der Waals surface area contributed by atoms with Crippen LogP contribution in [0.3, 0.4) is 0 Å². The number of carbonyl (C=O) groups is 1. The number of nitrogens with zero attached hydrogens (tertiary/aromatic N) is 4. The number of fused-ring (bicyclic) bond motifs is 1. The number of nitrogens with one attached hydrogen (secondary N) is 1. The number of para-hydroxylation sites is 2. The van der Waals surface area contributed by atoms with Crippen molar-refractivity contribution in [3.63, 3.8) is 0 Å². The van der Waals surface area contributed by atoms with E-state index >= 15 is 0 Å². The van der Waals surface area contributed by atoms with Gasteiger partial charge in [0, 0.05) is 5.92 Å². The highest BCUT2D eigenvalue weighted by molar-refractivity contribution is 6.05. The van der Waals surface area contributed by atoms with Gasteiger partial charge in [0.15, 0.2) is 5.76 Å². The molecule has 0 saturated carbocycles. The number of benzene rings is 1. The predicted octanol–water partition coefficient (Wildman–Crippen LogP) is 4.09. The molecule has 4 rings (SSSR count). The van der Waals surface area contributed by atoms with Gasteiger partial charge in [0.05, 0.1) is 28.6 Å². The van der Waals surface area contributed by atoms with Gasteiger partial charge in [0.2, 0.25) is 0 Å². The first-order valence-corrected chi connectivity index (χ1v) is 8.70. The van der Waals surface area contributed by atoms with Crippen molar-refractivity contribution >= 4 is 22.6 Å². The first-order chi connectivity index (χ1) is 13.0. The fraction of sp³-hybridized carbons (Fsp3) is 0.200. The van der Waals surface area contributed by atoms with Crippen LogP contribution in [0.25, 0.3) is 16.9 Å². The molecule has 136 valence electrons. The maximum Gasteiger partial charge on any atom is 0.261 e. The molecule has 27 heavy (non-hydrogen) atoms. The highest BCUT2D eigenvalue weighted by atomic mass is 16.5. The summed E-state index contributed by atoms with van der Waals surface area (Å²) in [6.07, 6.45) is 3.36. The molecule has 0 saturated heterocycles. The Labute approximate surface area is 156 Å². The summed E-state index contributed by atoms with van der Waals surface area (Å²) >= 11 is 0. The Morgan fingerprint density at radius 1 is 1.15 bits per heavy atom. The second-order valence-corrected chi connectivity index (χ2v) is 6.62. The topological polar surface area (TPSA) is 85.8 Å². The molecule has 3 aromatic heterocycles. The van der Waals surface area contributed by atoms with E-state index in [1.54, 1.807) is 19.4 Å². The molecule has 0 spiro atoms. The number of anilines is 1. The van der Waals surface area contributed by atoms with Crippen LogP contribution in [-0.2, 0) is 0 Å². The minimum Gasteiger partial charge on any atom is -0.360 e. The molecule has 0 aliphatic rings. The predicted molar refractivity (Wildman–Crippen MR) is 102 cm³/mol. The fourth-order valence-electron chi connectivity index (χ4n) is 3.00. The minimum atomic E-state index is -0.250. The zero-order chi connectivity index (χ0) is 19.0. The second-order valence-electron chi connectivity index (χ2n) is 6.62. The molecule has 1 aromatic carbocycles. The molecule has 1 amide bonds. The van der Waals surface area contributed by atoms with Crippen molar-refractivity contribution in [1.82, 2.24) is 19.7 Å². The summed E-state index contributed by atoms with van der Waals surface area (Å²) in [7, 11) is 0. The van der Waals surface area contributed by atoms with Gasteiger partial charge in [-0.3, -0.25) is 9.36 Å². The Bertz CT molecular complexity index is 1110. The number of carbonyl (C=O) groups excluding carboxylic acids is 1. The smallest absolute Gasteiger partial charge is 0.261 e. The highest BCUT2D eigenvalue weighted by Gasteiger charge is 2.22. The van der Waals surface area contributed by atoms with Gasteiger partial charge in [0.1, 0.15) is 17.7 Å². The molecule has 0 radical (unpaired) electrons. The molecule has 0 atom stereocenters. The zero-order valence-corrected chi connectivity index (χ0v) is 15.3. The lowest BCUT2D eigenvalue weighted by Gasteiger charge is -2.08. The third-order valence-electron chi connectivity index (χ3n) is 4.35. The van der Waals surface area contributed by atoms with E-state index in [4.69, 9.17) is 4.52 Å². The quantitative estimate of drug-likeness (QED) is 0.591. The minimum absolute atomic E-state index is 0.0713. The van der Waals surface area contributed by atoms with E-state index in [0.29, 0.717) is 22.7 Å². The number of hydrogen-bond donors (Lipinski definition) is 1. The molecular weight excluding hydrogens is 342 g/mol. The molecule has 0 fully saturated rings. The number of hydrogen-bond acceptors (Lipinski definition) is 5. The van der Waals surface area contributed by atoms with Crippen molar-refractivity contribution in [2.24, 2.45) is 0 Å². The van der Waals surface area contributed by atoms with Crippen molar-refractivity contribution < 1.29 is 9.32 Å². The van der Waals surface area contributed by atoms with Crippen molar-refractivity contribution in [2.45, 2.75) is 26.7 Å². The molecule has 4 aromatic rings. The molecule has 0 aliphatic heterocycles. The van der Waals surface area contributed by atoms with Crippen molar-refractivity contribution in [1.29, 1.82) is 0 Å². The molecular formula is C20H19N5O2. The first-order valence-electron chi connectivity index (χ1n) is 8.70. The van der Waals surface area contributed by atoms with Crippen LogP contribution >= 0.6 is 0 Å². The molecule has 7 heteroatoms. The van der Waals surface area contributed by atoms with Crippen LogP contribution in [0.4, 0.5) is 5.69 Å². The Morgan fingerprint density at radius 2 is 1.96 bits per heavy atom. The number of amides is 1. The number of aromatic nitrogens is 4. The lowest BCUT2D eigenvalue weighted by atomic mass is 10.0. The Kier molecular flexibility index (Phi) is 4.19. The highest BCUT2D eigenvalue weighted by Crippen LogP contribution is 2.23. The van der Waals surface area contributed by atoms with E-state index < -0.39 is 0 Å². The number of aryl methyl sites for hydroxylation is 1. The van der Waals surface area contributed by atoms with E-state index in [1.807, 2.05) is 54.8 Å². The van der Waals surface area contributed by atoms with E-state index in [-0.39, 0.29) is 11.8 Å².